The smallest absolute Gasteiger partial charge is 0.407 e. The van der Waals surface area contributed by atoms with Crippen molar-refractivity contribution >= 4 is 17.7 Å². The molecule has 0 unspecified atom stereocenters. The van der Waals surface area contributed by atoms with Crippen LogP contribution in [0.3, 0.4) is 0 Å². The van der Waals surface area contributed by atoms with Gasteiger partial charge in [0, 0.05) is 23.7 Å². The molecule has 0 aromatic heterocycles. The van der Waals surface area contributed by atoms with Gasteiger partial charge in [-0.1, -0.05) is 54.1 Å². The van der Waals surface area contributed by atoms with Gasteiger partial charge in [-0.25, -0.2) is 4.79 Å². The Balaban J connectivity index is 1.70. The summed E-state index contributed by atoms with van der Waals surface area (Å²) in [4.78, 5) is 11.5. The summed E-state index contributed by atoms with van der Waals surface area (Å²) in [7, 11) is 0. The van der Waals surface area contributed by atoms with Crippen molar-refractivity contribution in [1.29, 1.82) is 0 Å². The Morgan fingerprint density at radius 2 is 1.81 bits per heavy atom. The number of rotatable bonds is 7. The molecule has 2 aromatic carbocycles. The maximum atomic E-state index is 11.5. The molecule has 0 aliphatic rings. The van der Waals surface area contributed by atoms with Gasteiger partial charge in [-0.15, -0.1) is 0 Å². The van der Waals surface area contributed by atoms with Gasteiger partial charge < -0.3 is 15.4 Å². The van der Waals surface area contributed by atoms with Gasteiger partial charge in [0.15, 0.2) is 0 Å². The Morgan fingerprint density at radius 1 is 1.08 bits per heavy atom. The van der Waals surface area contributed by atoms with Gasteiger partial charge in [0.25, 0.3) is 0 Å². The molecule has 4 nitrogen and oxygen atoms in total. The Hall–Kier alpha value is -2.04. The Morgan fingerprint density at radius 3 is 2.46 bits per heavy atom. The van der Waals surface area contributed by atoms with E-state index in [0.717, 1.165) is 41.2 Å². The van der Waals surface area contributed by atoms with Crippen LogP contribution in [0.4, 0.5) is 4.79 Å². The van der Waals surface area contributed by atoms with E-state index < -0.39 is 5.60 Å². The Bertz CT molecular complexity index is 712. The van der Waals surface area contributed by atoms with Crippen LogP contribution in [-0.2, 0) is 11.3 Å². The topological polar surface area (TPSA) is 50.4 Å². The number of nitrogens with one attached hydrogen (secondary N) is 2. The molecule has 0 aliphatic carbocycles. The maximum Gasteiger partial charge on any atom is 0.407 e. The summed E-state index contributed by atoms with van der Waals surface area (Å²) < 4.78 is 5.19. The van der Waals surface area contributed by atoms with Crippen molar-refractivity contribution in [3.05, 3.63) is 59.1 Å². The molecule has 26 heavy (non-hydrogen) atoms. The highest BCUT2D eigenvalue weighted by Crippen LogP contribution is 2.28. The van der Waals surface area contributed by atoms with E-state index in [9.17, 15) is 4.79 Å². The molecule has 5 heteroatoms. The van der Waals surface area contributed by atoms with Crippen molar-refractivity contribution in [2.75, 3.05) is 13.1 Å². The van der Waals surface area contributed by atoms with Crippen LogP contribution in [0, 0.1) is 0 Å². The molecule has 0 atom stereocenters. The summed E-state index contributed by atoms with van der Waals surface area (Å²) in [5, 5.41) is 6.86. The van der Waals surface area contributed by atoms with E-state index in [0.29, 0.717) is 6.54 Å². The van der Waals surface area contributed by atoms with Crippen LogP contribution in [0.15, 0.2) is 48.5 Å². The number of ether oxygens (including phenoxy) is 1. The van der Waals surface area contributed by atoms with Gasteiger partial charge in [-0.05, 0) is 50.9 Å². The summed E-state index contributed by atoms with van der Waals surface area (Å²) in [5.74, 6) is 0. The van der Waals surface area contributed by atoms with Gasteiger partial charge in [0.05, 0.1) is 0 Å². The fourth-order valence-corrected chi connectivity index (χ4v) is 2.78. The minimum atomic E-state index is -0.465. The van der Waals surface area contributed by atoms with Gasteiger partial charge >= 0.3 is 6.09 Å². The number of amides is 1. The molecule has 0 radical (unpaired) electrons. The molecule has 0 saturated heterocycles. The highest BCUT2D eigenvalue weighted by Gasteiger charge is 2.15. The molecule has 2 aromatic rings. The fraction of sp³-hybridized carbons (Fsp3) is 0.381. The number of alkyl carbamates (subject to hydrolysis) is 1. The second-order valence-corrected chi connectivity index (χ2v) is 7.55. The van der Waals surface area contributed by atoms with Gasteiger partial charge in [0.2, 0.25) is 0 Å². The number of carbonyl (C=O) groups excluding carboxylic acids is 1. The Kier molecular flexibility index (Phi) is 7.49. The number of halogens is 1. The molecular weight excluding hydrogens is 348 g/mol. The third-order valence-corrected chi connectivity index (χ3v) is 3.96. The van der Waals surface area contributed by atoms with Gasteiger partial charge in [-0.3, -0.25) is 0 Å². The van der Waals surface area contributed by atoms with Crippen molar-refractivity contribution in [1.82, 2.24) is 10.6 Å². The molecule has 0 heterocycles. The summed E-state index contributed by atoms with van der Waals surface area (Å²) in [6, 6.07) is 16.2. The fourth-order valence-electron chi connectivity index (χ4n) is 2.47. The SMILES string of the molecule is CC(C)(C)OC(=O)NCCCNCc1ccc(-c2ccccc2)c(Cl)c1. The highest BCUT2D eigenvalue weighted by molar-refractivity contribution is 6.33. The lowest BCUT2D eigenvalue weighted by Crippen LogP contribution is -2.33. The van der Waals surface area contributed by atoms with Crippen molar-refractivity contribution in [3.8, 4) is 11.1 Å². The van der Waals surface area contributed by atoms with Crippen LogP contribution in [0.5, 0.6) is 0 Å². The quantitative estimate of drug-likeness (QED) is 0.669. The largest absolute Gasteiger partial charge is 0.444 e. The van der Waals surface area contributed by atoms with E-state index in [1.807, 2.05) is 45.0 Å². The van der Waals surface area contributed by atoms with E-state index in [1.54, 1.807) is 0 Å². The number of benzene rings is 2. The third-order valence-electron chi connectivity index (χ3n) is 3.65. The van der Waals surface area contributed by atoms with Crippen LogP contribution in [-0.4, -0.2) is 24.8 Å². The van der Waals surface area contributed by atoms with Crippen LogP contribution in [0.2, 0.25) is 5.02 Å². The number of carbonyl (C=O) groups is 1. The normalized spacial score (nSPS) is 11.2. The Labute approximate surface area is 160 Å². The molecular formula is C21H27ClN2O2. The lowest BCUT2D eigenvalue weighted by Gasteiger charge is -2.19. The van der Waals surface area contributed by atoms with Gasteiger partial charge in [-0.2, -0.15) is 0 Å². The molecule has 140 valence electrons. The monoisotopic (exact) mass is 374 g/mol. The summed E-state index contributed by atoms with van der Waals surface area (Å²) in [6.45, 7) is 7.66. The summed E-state index contributed by atoms with van der Waals surface area (Å²) in [5.41, 5.74) is 2.82. The number of hydrogen-bond donors (Lipinski definition) is 2. The second-order valence-electron chi connectivity index (χ2n) is 7.14. The minimum absolute atomic E-state index is 0.374. The molecule has 0 bridgehead atoms. The predicted octanol–water partition coefficient (Wildman–Crippen LogP) is 5.01. The highest BCUT2D eigenvalue weighted by atomic mass is 35.5. The molecule has 0 spiro atoms. The second kappa shape index (κ2) is 9.60. The minimum Gasteiger partial charge on any atom is -0.444 e. The lowest BCUT2D eigenvalue weighted by molar-refractivity contribution is 0.0527. The first-order valence-corrected chi connectivity index (χ1v) is 9.24. The van der Waals surface area contributed by atoms with Crippen molar-refractivity contribution in [2.24, 2.45) is 0 Å². The van der Waals surface area contributed by atoms with Gasteiger partial charge in [0.1, 0.15) is 5.60 Å². The number of hydrogen-bond acceptors (Lipinski definition) is 3. The van der Waals surface area contributed by atoms with E-state index in [4.69, 9.17) is 16.3 Å². The first-order chi connectivity index (χ1) is 12.3. The zero-order chi connectivity index (χ0) is 19.0. The standard InChI is InChI=1S/C21H27ClN2O2/c1-21(2,3)26-20(25)24-13-7-12-23-15-16-10-11-18(19(22)14-16)17-8-5-4-6-9-17/h4-6,8-11,14,23H,7,12-13,15H2,1-3H3,(H,24,25). The van der Waals surface area contributed by atoms with Crippen molar-refractivity contribution in [2.45, 2.75) is 39.3 Å². The predicted molar refractivity (Wildman–Crippen MR) is 107 cm³/mol. The maximum absolute atomic E-state index is 11.5. The average molecular weight is 375 g/mol. The van der Waals surface area contributed by atoms with Crippen molar-refractivity contribution in [3.63, 3.8) is 0 Å². The van der Waals surface area contributed by atoms with Crippen molar-refractivity contribution < 1.29 is 9.53 Å². The first-order valence-electron chi connectivity index (χ1n) is 8.86. The van der Waals surface area contributed by atoms with E-state index in [2.05, 4.69) is 34.9 Å². The molecule has 1 amide bonds. The lowest BCUT2D eigenvalue weighted by atomic mass is 10.0. The molecule has 0 aliphatic heterocycles. The summed E-state index contributed by atoms with van der Waals surface area (Å²) >= 11 is 6.42. The third kappa shape index (κ3) is 7.06. The molecule has 0 fully saturated rings. The molecule has 2 rings (SSSR count). The average Bonchev–Trinajstić information content (AvgIpc) is 2.57. The van der Waals surface area contributed by atoms with Crippen LogP contribution < -0.4 is 10.6 Å². The van der Waals surface area contributed by atoms with Crippen LogP contribution in [0.25, 0.3) is 11.1 Å². The van der Waals surface area contributed by atoms with Crippen LogP contribution >= 0.6 is 11.6 Å². The van der Waals surface area contributed by atoms with E-state index >= 15 is 0 Å². The first kappa shape index (κ1) is 20.3. The van der Waals surface area contributed by atoms with E-state index in [-0.39, 0.29) is 6.09 Å². The zero-order valence-corrected chi connectivity index (χ0v) is 16.4. The van der Waals surface area contributed by atoms with E-state index in [1.165, 1.54) is 0 Å². The summed E-state index contributed by atoms with van der Waals surface area (Å²) in [6.07, 6.45) is 0.454. The molecule has 0 saturated carbocycles. The zero-order valence-electron chi connectivity index (χ0n) is 15.6. The molecule has 2 N–H and O–H groups in total. The van der Waals surface area contributed by atoms with Crippen LogP contribution in [0.1, 0.15) is 32.8 Å².